The van der Waals surface area contributed by atoms with Crippen molar-refractivity contribution in [3.8, 4) is 5.75 Å². The van der Waals surface area contributed by atoms with Gasteiger partial charge in [-0.1, -0.05) is 0 Å². The zero-order valence-corrected chi connectivity index (χ0v) is 14.3. The Morgan fingerprint density at radius 2 is 2.10 bits per heavy atom. The summed E-state index contributed by atoms with van der Waals surface area (Å²) in [5, 5.41) is 6.74. The van der Waals surface area contributed by atoms with Crippen LogP contribution in [0.3, 0.4) is 0 Å². The van der Waals surface area contributed by atoms with Gasteiger partial charge < -0.3 is 26.0 Å². The Morgan fingerprint density at radius 3 is 2.62 bits per heavy atom. The van der Waals surface area contributed by atoms with Crippen molar-refractivity contribution >= 4 is 27.9 Å². The van der Waals surface area contributed by atoms with E-state index in [0.717, 1.165) is 24.5 Å². The number of nitrogens with zero attached hydrogens (tertiary/aromatic N) is 1. The zero-order valence-electron chi connectivity index (χ0n) is 13.4. The molecule has 0 radical (unpaired) electrons. The monoisotopic (exact) mass is 314 g/mol. The Bertz CT molecular complexity index is 472. The fraction of sp³-hybridized carbons (Fsp3) is 0.643. The first-order valence-electron chi connectivity index (χ1n) is 7.06. The van der Waals surface area contributed by atoms with Crippen molar-refractivity contribution < 1.29 is 9.53 Å². The van der Waals surface area contributed by atoms with Crippen LogP contribution in [0.1, 0.15) is 29.9 Å². The minimum atomic E-state index is -0.188. The summed E-state index contributed by atoms with van der Waals surface area (Å²) in [5.41, 5.74) is 6.46. The summed E-state index contributed by atoms with van der Waals surface area (Å²) in [6.07, 6.45) is 1.00. The lowest BCUT2D eigenvalue weighted by Crippen LogP contribution is -2.17. The highest BCUT2D eigenvalue weighted by Gasteiger charge is 2.22. The molecule has 4 N–H and O–H groups in total. The number of nitrogens with one attached hydrogen (secondary N) is 2. The third-order valence-electron chi connectivity index (χ3n) is 2.75. The highest BCUT2D eigenvalue weighted by molar-refractivity contribution is 7.19. The molecule has 0 fully saturated rings. The third kappa shape index (κ3) is 5.09. The molecule has 0 saturated carbocycles. The lowest BCUT2D eigenvalue weighted by Gasteiger charge is -2.13. The fourth-order valence-corrected chi connectivity index (χ4v) is 2.80. The highest BCUT2D eigenvalue weighted by Crippen LogP contribution is 2.43. The van der Waals surface area contributed by atoms with Gasteiger partial charge in [0.1, 0.15) is 15.6 Å². The molecule has 0 bridgehead atoms. The van der Waals surface area contributed by atoms with Gasteiger partial charge in [-0.2, -0.15) is 0 Å². The summed E-state index contributed by atoms with van der Waals surface area (Å²) in [6.45, 7) is 5.68. The SMILES string of the molecule is CNC(=O)c1sc(NCCCN(C)C)c(OC(C)C)c1N. The summed E-state index contributed by atoms with van der Waals surface area (Å²) in [5.74, 6) is 0.394. The van der Waals surface area contributed by atoms with Crippen LogP contribution in [0.2, 0.25) is 0 Å². The van der Waals surface area contributed by atoms with Gasteiger partial charge in [0, 0.05) is 13.6 Å². The number of anilines is 2. The van der Waals surface area contributed by atoms with Crippen LogP contribution in [0.15, 0.2) is 0 Å². The first-order chi connectivity index (χ1) is 9.86. The molecule has 0 aliphatic carbocycles. The average Bonchev–Trinajstić information content (AvgIpc) is 2.71. The van der Waals surface area contributed by atoms with Crippen molar-refractivity contribution in [2.75, 3.05) is 45.3 Å². The van der Waals surface area contributed by atoms with Crippen LogP contribution < -0.4 is 21.1 Å². The van der Waals surface area contributed by atoms with Crippen molar-refractivity contribution in [3.63, 3.8) is 0 Å². The second-order valence-electron chi connectivity index (χ2n) is 5.33. The van der Waals surface area contributed by atoms with E-state index in [1.54, 1.807) is 7.05 Å². The maximum absolute atomic E-state index is 11.8. The van der Waals surface area contributed by atoms with Crippen molar-refractivity contribution in [2.24, 2.45) is 0 Å². The molecule has 0 aliphatic heterocycles. The minimum absolute atomic E-state index is 0.00163. The van der Waals surface area contributed by atoms with Gasteiger partial charge in [0.15, 0.2) is 5.75 Å². The summed E-state index contributed by atoms with van der Waals surface area (Å²) in [4.78, 5) is 14.5. The number of carbonyl (C=O) groups is 1. The van der Waals surface area contributed by atoms with E-state index in [1.807, 2.05) is 27.9 Å². The largest absolute Gasteiger partial charge is 0.486 e. The van der Waals surface area contributed by atoms with E-state index in [2.05, 4.69) is 15.5 Å². The van der Waals surface area contributed by atoms with Crippen LogP contribution in [0.4, 0.5) is 10.7 Å². The molecule has 1 rings (SSSR count). The van der Waals surface area contributed by atoms with Gasteiger partial charge in [-0.25, -0.2) is 0 Å². The number of carbonyl (C=O) groups excluding carboxylic acids is 1. The lowest BCUT2D eigenvalue weighted by atomic mass is 10.3. The second-order valence-corrected chi connectivity index (χ2v) is 6.35. The Labute approximate surface area is 130 Å². The molecule has 21 heavy (non-hydrogen) atoms. The Kier molecular flexibility index (Phi) is 6.77. The first-order valence-corrected chi connectivity index (χ1v) is 7.88. The van der Waals surface area contributed by atoms with E-state index in [9.17, 15) is 4.79 Å². The molecular weight excluding hydrogens is 288 g/mol. The van der Waals surface area contributed by atoms with Crippen LogP contribution in [0, 0.1) is 0 Å². The maximum atomic E-state index is 11.8. The topological polar surface area (TPSA) is 79.6 Å². The Hall–Kier alpha value is -1.47. The smallest absolute Gasteiger partial charge is 0.263 e. The van der Waals surface area contributed by atoms with Gasteiger partial charge in [0.2, 0.25) is 0 Å². The average molecular weight is 314 g/mol. The molecule has 1 aromatic rings. The summed E-state index contributed by atoms with van der Waals surface area (Å²) in [7, 11) is 5.68. The number of nitrogen functional groups attached to an aromatic ring is 1. The molecule has 0 spiro atoms. The molecular formula is C14H26N4O2S. The molecule has 120 valence electrons. The van der Waals surface area contributed by atoms with Gasteiger partial charge in [-0.05, 0) is 40.9 Å². The standard InChI is InChI=1S/C14H26N4O2S/c1-9(2)20-11-10(15)12(13(19)16-3)21-14(11)17-7-6-8-18(4)5/h9,17H,6-8,15H2,1-5H3,(H,16,19). The van der Waals surface area contributed by atoms with Crippen molar-refractivity contribution in [2.45, 2.75) is 26.4 Å². The Balaban J connectivity index is 2.86. The second kappa shape index (κ2) is 8.09. The number of rotatable bonds is 8. The first kappa shape index (κ1) is 17.6. The molecule has 0 aromatic carbocycles. The van der Waals surface area contributed by atoms with Crippen LogP contribution >= 0.6 is 11.3 Å². The molecule has 6 nitrogen and oxygen atoms in total. The third-order valence-corrected chi connectivity index (χ3v) is 3.90. The van der Waals surface area contributed by atoms with E-state index >= 15 is 0 Å². The number of thiophene rings is 1. The Morgan fingerprint density at radius 1 is 1.43 bits per heavy atom. The summed E-state index contributed by atoms with van der Waals surface area (Å²) < 4.78 is 5.76. The van der Waals surface area contributed by atoms with Crippen molar-refractivity contribution in [3.05, 3.63) is 4.88 Å². The number of ether oxygens (including phenoxy) is 1. The van der Waals surface area contributed by atoms with E-state index < -0.39 is 0 Å². The van der Waals surface area contributed by atoms with Crippen molar-refractivity contribution in [1.82, 2.24) is 10.2 Å². The van der Waals surface area contributed by atoms with Gasteiger partial charge in [-0.15, -0.1) is 11.3 Å². The normalized spacial score (nSPS) is 11.0. The molecule has 1 aromatic heterocycles. The van der Waals surface area contributed by atoms with Gasteiger partial charge in [-0.3, -0.25) is 4.79 Å². The van der Waals surface area contributed by atoms with E-state index in [1.165, 1.54) is 11.3 Å². The number of amides is 1. The molecule has 7 heteroatoms. The molecule has 0 saturated heterocycles. The molecule has 1 amide bonds. The van der Waals surface area contributed by atoms with E-state index in [-0.39, 0.29) is 12.0 Å². The van der Waals surface area contributed by atoms with Crippen LogP contribution in [-0.4, -0.2) is 51.1 Å². The predicted molar refractivity (Wildman–Crippen MR) is 89.5 cm³/mol. The summed E-state index contributed by atoms with van der Waals surface area (Å²) in [6, 6.07) is 0. The fourth-order valence-electron chi connectivity index (χ4n) is 1.78. The van der Waals surface area contributed by atoms with Crippen LogP contribution in [0.5, 0.6) is 5.75 Å². The minimum Gasteiger partial charge on any atom is -0.486 e. The number of nitrogens with two attached hydrogens (primary N) is 1. The zero-order chi connectivity index (χ0) is 16.0. The van der Waals surface area contributed by atoms with E-state index in [0.29, 0.717) is 16.3 Å². The quantitative estimate of drug-likeness (QED) is 0.638. The highest BCUT2D eigenvalue weighted by atomic mass is 32.1. The molecule has 0 atom stereocenters. The van der Waals surface area contributed by atoms with Gasteiger partial charge in [0.05, 0.1) is 6.10 Å². The van der Waals surface area contributed by atoms with Crippen LogP contribution in [-0.2, 0) is 0 Å². The van der Waals surface area contributed by atoms with Gasteiger partial charge in [0.25, 0.3) is 5.91 Å². The lowest BCUT2D eigenvalue weighted by molar-refractivity contribution is 0.0967. The van der Waals surface area contributed by atoms with E-state index in [4.69, 9.17) is 10.5 Å². The molecule has 1 heterocycles. The maximum Gasteiger partial charge on any atom is 0.263 e. The predicted octanol–water partition coefficient (Wildman–Crippen LogP) is 1.84. The molecule has 0 aliphatic rings. The van der Waals surface area contributed by atoms with Gasteiger partial charge >= 0.3 is 0 Å². The number of hydrogen-bond acceptors (Lipinski definition) is 6. The molecule has 0 unspecified atom stereocenters. The summed E-state index contributed by atoms with van der Waals surface area (Å²) >= 11 is 1.33. The van der Waals surface area contributed by atoms with Crippen LogP contribution in [0.25, 0.3) is 0 Å². The van der Waals surface area contributed by atoms with Crippen molar-refractivity contribution in [1.29, 1.82) is 0 Å². The number of hydrogen-bond donors (Lipinski definition) is 3.